The van der Waals surface area contributed by atoms with Crippen LogP contribution >= 0.6 is 11.6 Å². The van der Waals surface area contributed by atoms with Crippen LogP contribution in [0.2, 0.25) is 0 Å². The van der Waals surface area contributed by atoms with Gasteiger partial charge in [-0.05, 0) is 36.6 Å². The first-order valence-corrected chi connectivity index (χ1v) is 5.84. The lowest BCUT2D eigenvalue weighted by Gasteiger charge is -2.08. The van der Waals surface area contributed by atoms with Crippen molar-refractivity contribution in [2.45, 2.75) is 13.3 Å². The number of halogens is 1. The molecule has 0 aliphatic carbocycles. The summed E-state index contributed by atoms with van der Waals surface area (Å²) >= 11 is 5.58. The molecule has 2 N–H and O–H groups in total. The van der Waals surface area contributed by atoms with Crippen molar-refractivity contribution in [1.29, 1.82) is 0 Å². The van der Waals surface area contributed by atoms with Gasteiger partial charge in [0.1, 0.15) is 0 Å². The lowest BCUT2D eigenvalue weighted by molar-refractivity contribution is 0.0600. The van der Waals surface area contributed by atoms with E-state index in [0.717, 1.165) is 17.5 Å². The van der Waals surface area contributed by atoms with Gasteiger partial charge in [0.05, 0.1) is 12.7 Å². The largest absolute Gasteiger partial charge is 0.465 e. The lowest BCUT2D eigenvalue weighted by atomic mass is 10.0. The Morgan fingerprint density at radius 2 is 2.24 bits per heavy atom. The fourth-order valence-corrected chi connectivity index (χ4v) is 1.59. The van der Waals surface area contributed by atoms with Gasteiger partial charge in [-0.1, -0.05) is 12.2 Å². The highest BCUT2D eigenvalue weighted by Gasteiger charge is 2.11. The molecule has 1 aromatic carbocycles. The maximum Gasteiger partial charge on any atom is 0.338 e. The van der Waals surface area contributed by atoms with Crippen molar-refractivity contribution in [3.63, 3.8) is 0 Å². The normalized spacial score (nSPS) is 10.8. The van der Waals surface area contributed by atoms with E-state index in [9.17, 15) is 4.79 Å². The Hall–Kier alpha value is -1.48. The molecule has 0 heterocycles. The zero-order chi connectivity index (χ0) is 12.8. The molecule has 1 rings (SSSR count). The van der Waals surface area contributed by atoms with Crippen molar-refractivity contribution in [3.8, 4) is 0 Å². The number of allylic oxidation sites excluding steroid dienone is 1. The molecule has 0 aliphatic heterocycles. The summed E-state index contributed by atoms with van der Waals surface area (Å²) in [4.78, 5) is 11.5. The van der Waals surface area contributed by atoms with Crippen LogP contribution in [0, 0.1) is 6.92 Å². The van der Waals surface area contributed by atoms with E-state index in [1.54, 1.807) is 13.0 Å². The van der Waals surface area contributed by atoms with Gasteiger partial charge in [0.2, 0.25) is 0 Å². The number of anilines is 1. The van der Waals surface area contributed by atoms with E-state index in [2.05, 4.69) is 0 Å². The van der Waals surface area contributed by atoms with Crippen molar-refractivity contribution < 1.29 is 9.53 Å². The van der Waals surface area contributed by atoms with Crippen LogP contribution in [0.1, 0.15) is 27.9 Å². The average Bonchev–Trinajstić information content (AvgIpc) is 2.32. The number of rotatable bonds is 4. The first-order chi connectivity index (χ1) is 8.10. The number of alkyl halides is 1. The predicted molar refractivity (Wildman–Crippen MR) is 71.3 cm³/mol. The number of methoxy groups -OCH3 is 1. The number of hydrogen-bond acceptors (Lipinski definition) is 3. The van der Waals surface area contributed by atoms with Crippen molar-refractivity contribution in [2.24, 2.45) is 0 Å². The van der Waals surface area contributed by atoms with E-state index in [1.807, 2.05) is 18.2 Å². The van der Waals surface area contributed by atoms with Gasteiger partial charge in [0.25, 0.3) is 0 Å². The molecule has 0 unspecified atom stereocenters. The van der Waals surface area contributed by atoms with Crippen LogP contribution in [0.25, 0.3) is 6.08 Å². The molecule has 0 fully saturated rings. The van der Waals surface area contributed by atoms with Crippen LogP contribution < -0.4 is 5.73 Å². The zero-order valence-corrected chi connectivity index (χ0v) is 10.8. The standard InChI is InChI=1S/C13H16ClNO2/c1-9-11(13(16)17-2)7-10(8-12(9)15)5-3-4-6-14/h3,5,7-8H,4,6,15H2,1-2H3. The van der Waals surface area contributed by atoms with E-state index in [0.29, 0.717) is 17.1 Å². The SMILES string of the molecule is COC(=O)c1cc(C=CCCCl)cc(N)c1C. The van der Waals surface area contributed by atoms with E-state index in [4.69, 9.17) is 22.1 Å². The summed E-state index contributed by atoms with van der Waals surface area (Å²) in [6, 6.07) is 3.59. The minimum absolute atomic E-state index is 0.373. The molecule has 0 bridgehead atoms. The molecule has 0 radical (unpaired) electrons. The van der Waals surface area contributed by atoms with Gasteiger partial charge in [-0.25, -0.2) is 4.79 Å². The van der Waals surface area contributed by atoms with Crippen molar-refractivity contribution in [2.75, 3.05) is 18.7 Å². The molecular weight excluding hydrogens is 238 g/mol. The van der Waals surface area contributed by atoms with E-state index in [-0.39, 0.29) is 5.97 Å². The van der Waals surface area contributed by atoms with Crippen LogP contribution in [0.4, 0.5) is 5.69 Å². The monoisotopic (exact) mass is 253 g/mol. The summed E-state index contributed by atoms with van der Waals surface area (Å²) in [6.45, 7) is 1.80. The van der Waals surface area contributed by atoms with Crippen LogP contribution in [0.15, 0.2) is 18.2 Å². The molecule has 17 heavy (non-hydrogen) atoms. The summed E-state index contributed by atoms with van der Waals surface area (Å²) in [5.74, 6) is 0.198. The Kier molecular flexibility index (Phi) is 5.04. The Bertz CT molecular complexity index is 441. The van der Waals surface area contributed by atoms with Crippen LogP contribution in [0.3, 0.4) is 0 Å². The van der Waals surface area contributed by atoms with E-state index < -0.39 is 0 Å². The number of nitrogens with two attached hydrogens (primary N) is 1. The Morgan fingerprint density at radius 1 is 1.53 bits per heavy atom. The minimum Gasteiger partial charge on any atom is -0.465 e. The minimum atomic E-state index is -0.373. The zero-order valence-electron chi connectivity index (χ0n) is 10.00. The fourth-order valence-electron chi connectivity index (χ4n) is 1.46. The van der Waals surface area contributed by atoms with Crippen LogP contribution in [0.5, 0.6) is 0 Å². The maximum absolute atomic E-state index is 11.5. The van der Waals surface area contributed by atoms with Crippen LogP contribution in [-0.2, 0) is 4.74 Å². The molecule has 0 saturated carbocycles. The third-order valence-corrected chi connectivity index (χ3v) is 2.68. The van der Waals surface area contributed by atoms with Gasteiger partial charge in [0, 0.05) is 11.6 Å². The first-order valence-electron chi connectivity index (χ1n) is 5.31. The lowest BCUT2D eigenvalue weighted by Crippen LogP contribution is -2.06. The summed E-state index contributed by atoms with van der Waals surface area (Å²) in [7, 11) is 1.36. The quantitative estimate of drug-likeness (QED) is 0.510. The maximum atomic E-state index is 11.5. The molecule has 0 spiro atoms. The highest BCUT2D eigenvalue weighted by Crippen LogP contribution is 2.20. The number of hydrogen-bond donors (Lipinski definition) is 1. The summed E-state index contributed by atoms with van der Waals surface area (Å²) in [6.07, 6.45) is 4.62. The van der Waals surface area contributed by atoms with E-state index in [1.165, 1.54) is 7.11 Å². The Balaban J connectivity index is 3.10. The molecule has 0 saturated heterocycles. The number of carbonyl (C=O) groups excluding carboxylic acids is 1. The molecule has 92 valence electrons. The number of esters is 1. The number of ether oxygens (including phenoxy) is 1. The molecular formula is C13H16ClNO2. The Morgan fingerprint density at radius 3 is 2.82 bits per heavy atom. The molecule has 4 heteroatoms. The molecule has 1 aromatic rings. The van der Waals surface area contributed by atoms with Gasteiger partial charge in [-0.3, -0.25) is 0 Å². The molecule has 3 nitrogen and oxygen atoms in total. The summed E-state index contributed by atoms with van der Waals surface area (Å²) < 4.78 is 4.71. The predicted octanol–water partition coefficient (Wildman–Crippen LogP) is 3.01. The van der Waals surface area contributed by atoms with Gasteiger partial charge in [-0.2, -0.15) is 0 Å². The Labute approximate surface area is 106 Å². The summed E-state index contributed by atoms with van der Waals surface area (Å²) in [5, 5.41) is 0. The number of benzene rings is 1. The molecule has 0 aromatic heterocycles. The third kappa shape index (κ3) is 3.49. The van der Waals surface area contributed by atoms with Crippen molar-refractivity contribution in [3.05, 3.63) is 34.9 Å². The highest BCUT2D eigenvalue weighted by molar-refractivity contribution is 6.17. The third-order valence-electron chi connectivity index (χ3n) is 2.46. The van der Waals surface area contributed by atoms with E-state index >= 15 is 0 Å². The highest BCUT2D eigenvalue weighted by atomic mass is 35.5. The average molecular weight is 254 g/mol. The second kappa shape index (κ2) is 6.30. The molecule has 0 atom stereocenters. The van der Waals surface area contributed by atoms with Gasteiger partial charge in [0.15, 0.2) is 0 Å². The number of nitrogen functional groups attached to an aromatic ring is 1. The van der Waals surface area contributed by atoms with Gasteiger partial charge in [-0.15, -0.1) is 11.6 Å². The van der Waals surface area contributed by atoms with Crippen molar-refractivity contribution >= 4 is 29.3 Å². The fraction of sp³-hybridized carbons (Fsp3) is 0.308. The first kappa shape index (κ1) is 13.6. The van der Waals surface area contributed by atoms with Gasteiger partial charge < -0.3 is 10.5 Å². The smallest absolute Gasteiger partial charge is 0.338 e. The van der Waals surface area contributed by atoms with Gasteiger partial charge >= 0.3 is 5.97 Å². The second-order valence-corrected chi connectivity index (χ2v) is 4.03. The van der Waals surface area contributed by atoms with Crippen molar-refractivity contribution in [1.82, 2.24) is 0 Å². The molecule has 0 amide bonds. The summed E-state index contributed by atoms with van der Waals surface area (Å²) in [5.41, 5.74) is 8.55. The van der Waals surface area contributed by atoms with Crippen LogP contribution in [-0.4, -0.2) is 19.0 Å². The number of carbonyl (C=O) groups is 1. The topological polar surface area (TPSA) is 52.3 Å². The molecule has 0 aliphatic rings. The second-order valence-electron chi connectivity index (χ2n) is 3.65.